The van der Waals surface area contributed by atoms with E-state index in [0.717, 1.165) is 31.0 Å². The molecule has 0 saturated carbocycles. The molecule has 7 nitrogen and oxygen atoms in total. The van der Waals surface area contributed by atoms with E-state index in [9.17, 15) is 18.0 Å². The molecule has 1 atom stereocenters. The van der Waals surface area contributed by atoms with E-state index in [1.807, 2.05) is 65.0 Å². The number of hydrogen-bond donors (Lipinski definition) is 1. The maximum absolute atomic E-state index is 14.1. The van der Waals surface area contributed by atoms with Gasteiger partial charge < -0.3 is 10.2 Å². The first-order valence-electron chi connectivity index (χ1n) is 13.3. The van der Waals surface area contributed by atoms with Crippen LogP contribution in [0.1, 0.15) is 43.0 Å². The van der Waals surface area contributed by atoms with Gasteiger partial charge in [-0.25, -0.2) is 8.42 Å². The average molecular weight is 629 g/mol. The molecule has 3 rings (SSSR count). The molecular weight excluding hydrogens is 590 g/mol. The second-order valence-electron chi connectivity index (χ2n) is 10.5. The van der Waals surface area contributed by atoms with Crippen LogP contribution >= 0.6 is 15.9 Å². The van der Waals surface area contributed by atoms with Crippen molar-refractivity contribution in [1.82, 2.24) is 10.2 Å². The number of nitrogens with one attached hydrogen (secondary N) is 1. The Labute approximate surface area is 246 Å². The zero-order valence-corrected chi connectivity index (χ0v) is 26.3. The molecule has 0 aliphatic heterocycles. The fourth-order valence-corrected chi connectivity index (χ4v) is 6.14. The van der Waals surface area contributed by atoms with E-state index in [4.69, 9.17) is 0 Å². The minimum Gasteiger partial charge on any atom is -0.354 e. The van der Waals surface area contributed by atoms with Crippen molar-refractivity contribution in [2.24, 2.45) is 5.92 Å². The molecule has 3 aromatic rings. The third-order valence-corrected chi connectivity index (χ3v) is 9.09. The normalized spacial score (nSPS) is 12.2. The molecular formula is C31H38BrN3O4S. The largest absolute Gasteiger partial charge is 0.354 e. The predicted octanol–water partition coefficient (Wildman–Crippen LogP) is 5.76. The van der Waals surface area contributed by atoms with Crippen molar-refractivity contribution in [3.05, 3.63) is 93.5 Å². The number of sulfonamides is 1. The highest BCUT2D eigenvalue weighted by Gasteiger charge is 2.33. The number of rotatable bonds is 11. The summed E-state index contributed by atoms with van der Waals surface area (Å²) < 4.78 is 30.0. The van der Waals surface area contributed by atoms with Crippen molar-refractivity contribution < 1.29 is 18.0 Å². The molecule has 0 saturated heterocycles. The number of hydrogen-bond acceptors (Lipinski definition) is 4. The van der Waals surface area contributed by atoms with E-state index in [0.29, 0.717) is 12.2 Å². The quantitative estimate of drug-likeness (QED) is 0.293. The number of benzene rings is 3. The molecule has 0 bridgehead atoms. The summed E-state index contributed by atoms with van der Waals surface area (Å²) in [6, 6.07) is 18.6. The van der Waals surface area contributed by atoms with E-state index in [-0.39, 0.29) is 23.3 Å². The Kier molecular flexibility index (Phi) is 10.6. The predicted molar refractivity (Wildman–Crippen MR) is 164 cm³/mol. The Bertz CT molecular complexity index is 1460. The van der Waals surface area contributed by atoms with Gasteiger partial charge in [0.25, 0.3) is 10.0 Å². The topological polar surface area (TPSA) is 86.8 Å². The molecule has 9 heteroatoms. The van der Waals surface area contributed by atoms with E-state index < -0.39 is 28.5 Å². The Hall–Kier alpha value is -3.17. The van der Waals surface area contributed by atoms with Crippen LogP contribution in [0.2, 0.25) is 0 Å². The lowest BCUT2D eigenvalue weighted by Gasteiger charge is -2.32. The summed E-state index contributed by atoms with van der Waals surface area (Å²) in [5, 5.41) is 2.90. The summed E-state index contributed by atoms with van der Waals surface area (Å²) in [5.74, 6) is -0.537. The van der Waals surface area contributed by atoms with Gasteiger partial charge >= 0.3 is 0 Å². The van der Waals surface area contributed by atoms with Crippen molar-refractivity contribution in [3.63, 3.8) is 0 Å². The summed E-state index contributed by atoms with van der Waals surface area (Å²) in [6.07, 6.45) is 0. The zero-order chi connectivity index (χ0) is 29.6. The van der Waals surface area contributed by atoms with Gasteiger partial charge in [-0.1, -0.05) is 71.7 Å². The van der Waals surface area contributed by atoms with Crippen molar-refractivity contribution >= 4 is 43.5 Å². The average Bonchev–Trinajstić information content (AvgIpc) is 2.90. The highest BCUT2D eigenvalue weighted by atomic mass is 79.9. The number of anilines is 1. The molecule has 2 amide bonds. The maximum atomic E-state index is 14.1. The van der Waals surface area contributed by atoms with Gasteiger partial charge in [0.2, 0.25) is 11.8 Å². The minimum atomic E-state index is -4.11. The number of carbonyl (C=O) groups excluding carboxylic acids is 2. The second-order valence-corrected chi connectivity index (χ2v) is 13.3. The van der Waals surface area contributed by atoms with Gasteiger partial charge in [0, 0.05) is 17.6 Å². The monoisotopic (exact) mass is 627 g/mol. The Balaban J connectivity index is 2.06. The van der Waals surface area contributed by atoms with E-state index in [1.165, 1.54) is 4.90 Å². The number of aryl methyl sites for hydroxylation is 2. The van der Waals surface area contributed by atoms with Gasteiger partial charge in [0.1, 0.15) is 12.6 Å². The Morgan fingerprint density at radius 2 is 1.57 bits per heavy atom. The lowest BCUT2D eigenvalue weighted by atomic mass is 10.1. The van der Waals surface area contributed by atoms with E-state index in [2.05, 4.69) is 21.2 Å². The van der Waals surface area contributed by atoms with Crippen LogP contribution in [0.3, 0.4) is 0 Å². The first kappa shape index (κ1) is 31.4. The molecule has 3 aromatic carbocycles. The van der Waals surface area contributed by atoms with Crippen LogP contribution < -0.4 is 9.62 Å². The SMILES string of the molecule is Cc1ccc(S(=O)(=O)N(CC(=O)N(Cc2cccc(Br)c2)[C@H](C)C(=O)NCC(C)C)c2cccc(C)c2C)cc1. The molecule has 0 aliphatic rings. The van der Waals surface area contributed by atoms with Gasteiger partial charge in [0.05, 0.1) is 10.6 Å². The van der Waals surface area contributed by atoms with Gasteiger partial charge in [-0.05, 0) is 80.6 Å². The third kappa shape index (κ3) is 7.73. The second kappa shape index (κ2) is 13.5. The summed E-state index contributed by atoms with van der Waals surface area (Å²) in [6.45, 7) is 11.4. The molecule has 0 aliphatic carbocycles. The Morgan fingerprint density at radius 3 is 2.20 bits per heavy atom. The molecule has 0 unspecified atom stereocenters. The Morgan fingerprint density at radius 1 is 0.925 bits per heavy atom. The molecule has 0 spiro atoms. The number of nitrogens with zero attached hydrogens (tertiary/aromatic N) is 2. The van der Waals surface area contributed by atoms with Crippen molar-refractivity contribution in [1.29, 1.82) is 0 Å². The number of amides is 2. The number of halogens is 1. The fraction of sp³-hybridized carbons (Fsp3) is 0.355. The van der Waals surface area contributed by atoms with Crippen LogP contribution in [-0.4, -0.2) is 44.3 Å². The minimum absolute atomic E-state index is 0.0908. The van der Waals surface area contributed by atoms with E-state index >= 15 is 0 Å². The molecule has 40 heavy (non-hydrogen) atoms. The van der Waals surface area contributed by atoms with Gasteiger partial charge in [-0.2, -0.15) is 0 Å². The van der Waals surface area contributed by atoms with Crippen LogP contribution in [0.15, 0.2) is 76.1 Å². The molecule has 0 aromatic heterocycles. The lowest BCUT2D eigenvalue weighted by molar-refractivity contribution is -0.139. The third-order valence-electron chi connectivity index (χ3n) is 6.83. The zero-order valence-electron chi connectivity index (χ0n) is 23.9. The smallest absolute Gasteiger partial charge is 0.264 e. The van der Waals surface area contributed by atoms with Crippen LogP contribution in [0, 0.1) is 26.7 Å². The molecule has 0 heterocycles. The highest BCUT2D eigenvalue weighted by Crippen LogP contribution is 2.29. The van der Waals surface area contributed by atoms with Crippen molar-refractivity contribution in [2.45, 2.75) is 59.0 Å². The standard InChI is InChI=1S/C31H38BrN3O4S/c1-21(2)18-33-31(37)25(6)34(19-26-10-8-11-27(32)17-26)30(36)20-35(29-12-7-9-23(4)24(29)5)40(38,39)28-15-13-22(3)14-16-28/h7-17,21,25H,18-20H2,1-6H3,(H,33,37)/t25-/m1/s1. The summed E-state index contributed by atoms with van der Waals surface area (Å²) in [5.41, 5.74) is 3.82. The van der Waals surface area contributed by atoms with Crippen LogP contribution in [0.25, 0.3) is 0 Å². The molecule has 1 N–H and O–H groups in total. The fourth-order valence-electron chi connectivity index (χ4n) is 4.22. The van der Waals surface area contributed by atoms with Gasteiger partial charge in [0.15, 0.2) is 0 Å². The van der Waals surface area contributed by atoms with Crippen LogP contribution in [-0.2, 0) is 26.2 Å². The first-order chi connectivity index (χ1) is 18.8. The summed E-state index contributed by atoms with van der Waals surface area (Å²) >= 11 is 3.47. The molecule has 0 fully saturated rings. The summed E-state index contributed by atoms with van der Waals surface area (Å²) in [4.78, 5) is 28.7. The van der Waals surface area contributed by atoms with Crippen LogP contribution in [0.4, 0.5) is 5.69 Å². The van der Waals surface area contributed by atoms with Crippen molar-refractivity contribution in [2.75, 3.05) is 17.4 Å². The maximum Gasteiger partial charge on any atom is 0.264 e. The van der Waals surface area contributed by atoms with E-state index in [1.54, 1.807) is 43.3 Å². The molecule has 214 valence electrons. The lowest BCUT2D eigenvalue weighted by Crippen LogP contribution is -2.51. The van der Waals surface area contributed by atoms with Crippen molar-refractivity contribution in [3.8, 4) is 0 Å². The van der Waals surface area contributed by atoms with Gasteiger partial charge in [-0.15, -0.1) is 0 Å². The van der Waals surface area contributed by atoms with Crippen LogP contribution in [0.5, 0.6) is 0 Å². The highest BCUT2D eigenvalue weighted by molar-refractivity contribution is 9.10. The first-order valence-corrected chi connectivity index (χ1v) is 15.5. The summed E-state index contributed by atoms with van der Waals surface area (Å²) in [7, 11) is -4.11. The van der Waals surface area contributed by atoms with Gasteiger partial charge in [-0.3, -0.25) is 13.9 Å². The molecule has 0 radical (unpaired) electrons. The number of carbonyl (C=O) groups is 2.